The van der Waals surface area contributed by atoms with E-state index in [1.807, 2.05) is 32.9 Å². The molecular weight excluding hydrogens is 284 g/mol. The Hall–Kier alpha value is -1.88. The van der Waals surface area contributed by atoms with E-state index in [0.29, 0.717) is 17.3 Å². The Labute approximate surface area is 130 Å². The lowest BCUT2D eigenvalue weighted by Gasteiger charge is -2.30. The molecule has 1 atom stereocenters. The summed E-state index contributed by atoms with van der Waals surface area (Å²) < 4.78 is 5.18. The highest BCUT2D eigenvalue weighted by Crippen LogP contribution is 2.30. The van der Waals surface area contributed by atoms with Crippen LogP contribution in [0.2, 0.25) is 0 Å². The SMILES string of the molecule is CCOC(=O)C1=C(C)NC(=S)N[C@H]1c1ccc(C)cc1C. The Morgan fingerprint density at radius 2 is 2.05 bits per heavy atom. The van der Waals surface area contributed by atoms with Crippen molar-refractivity contribution in [3.63, 3.8) is 0 Å². The van der Waals surface area contributed by atoms with Crippen LogP contribution in [0.15, 0.2) is 29.5 Å². The summed E-state index contributed by atoms with van der Waals surface area (Å²) in [5, 5.41) is 6.69. The van der Waals surface area contributed by atoms with Crippen molar-refractivity contribution in [1.29, 1.82) is 0 Å². The number of nitrogens with one attached hydrogen (secondary N) is 2. The van der Waals surface area contributed by atoms with E-state index in [2.05, 4.69) is 16.7 Å². The largest absolute Gasteiger partial charge is 0.463 e. The lowest BCUT2D eigenvalue weighted by atomic mass is 9.91. The molecule has 0 radical (unpaired) electrons. The molecule has 112 valence electrons. The van der Waals surface area contributed by atoms with Crippen LogP contribution in [-0.2, 0) is 9.53 Å². The predicted molar refractivity (Wildman–Crippen MR) is 86.9 cm³/mol. The summed E-state index contributed by atoms with van der Waals surface area (Å²) in [6.45, 7) is 8.07. The molecule has 2 N–H and O–H groups in total. The van der Waals surface area contributed by atoms with Gasteiger partial charge >= 0.3 is 5.97 Å². The first-order chi connectivity index (χ1) is 9.93. The summed E-state index contributed by atoms with van der Waals surface area (Å²) in [6.07, 6.45) is 0. The smallest absolute Gasteiger partial charge is 0.338 e. The number of esters is 1. The zero-order chi connectivity index (χ0) is 15.6. The van der Waals surface area contributed by atoms with Gasteiger partial charge in [0, 0.05) is 5.70 Å². The van der Waals surface area contributed by atoms with E-state index < -0.39 is 0 Å². The third kappa shape index (κ3) is 3.24. The van der Waals surface area contributed by atoms with Crippen molar-refractivity contribution >= 4 is 23.3 Å². The highest BCUT2D eigenvalue weighted by molar-refractivity contribution is 7.80. The van der Waals surface area contributed by atoms with Gasteiger partial charge in [-0.05, 0) is 51.0 Å². The van der Waals surface area contributed by atoms with E-state index in [1.165, 1.54) is 5.56 Å². The number of hydrogen-bond acceptors (Lipinski definition) is 3. The maximum atomic E-state index is 12.3. The summed E-state index contributed by atoms with van der Waals surface area (Å²) in [4.78, 5) is 12.3. The molecule has 0 fully saturated rings. The summed E-state index contributed by atoms with van der Waals surface area (Å²) in [7, 11) is 0. The molecule has 1 aliphatic heterocycles. The van der Waals surface area contributed by atoms with E-state index in [-0.39, 0.29) is 12.0 Å². The molecule has 1 heterocycles. The van der Waals surface area contributed by atoms with E-state index in [9.17, 15) is 4.79 Å². The van der Waals surface area contributed by atoms with Gasteiger partial charge in [0.05, 0.1) is 18.2 Å². The third-order valence-electron chi connectivity index (χ3n) is 3.50. The van der Waals surface area contributed by atoms with Crippen LogP contribution >= 0.6 is 12.2 Å². The van der Waals surface area contributed by atoms with Crippen LogP contribution in [0.5, 0.6) is 0 Å². The van der Waals surface area contributed by atoms with Gasteiger partial charge in [0.25, 0.3) is 0 Å². The second kappa shape index (κ2) is 6.26. The molecule has 0 bridgehead atoms. The molecular formula is C16H20N2O2S. The topological polar surface area (TPSA) is 50.4 Å². The molecule has 0 aliphatic carbocycles. The third-order valence-corrected chi connectivity index (χ3v) is 3.72. The van der Waals surface area contributed by atoms with Gasteiger partial charge in [0.15, 0.2) is 5.11 Å². The van der Waals surface area contributed by atoms with Crippen LogP contribution in [0.3, 0.4) is 0 Å². The highest BCUT2D eigenvalue weighted by atomic mass is 32.1. The first-order valence-corrected chi connectivity index (χ1v) is 7.37. The van der Waals surface area contributed by atoms with Gasteiger partial charge in [-0.2, -0.15) is 0 Å². The molecule has 2 rings (SSSR count). The molecule has 4 nitrogen and oxygen atoms in total. The Morgan fingerprint density at radius 1 is 1.33 bits per heavy atom. The average Bonchev–Trinajstić information content (AvgIpc) is 2.37. The van der Waals surface area contributed by atoms with Crippen molar-refractivity contribution in [2.24, 2.45) is 0 Å². The minimum atomic E-state index is -0.317. The van der Waals surface area contributed by atoms with E-state index >= 15 is 0 Å². The van der Waals surface area contributed by atoms with E-state index in [4.69, 9.17) is 17.0 Å². The monoisotopic (exact) mass is 304 g/mol. The van der Waals surface area contributed by atoms with Gasteiger partial charge in [-0.25, -0.2) is 4.79 Å². The number of benzene rings is 1. The molecule has 1 aliphatic rings. The highest BCUT2D eigenvalue weighted by Gasteiger charge is 2.31. The summed E-state index contributed by atoms with van der Waals surface area (Å²) >= 11 is 5.22. The van der Waals surface area contributed by atoms with Crippen LogP contribution in [0.1, 0.15) is 36.6 Å². The van der Waals surface area contributed by atoms with Gasteiger partial charge < -0.3 is 15.4 Å². The number of ether oxygens (including phenoxy) is 1. The molecule has 21 heavy (non-hydrogen) atoms. The quantitative estimate of drug-likeness (QED) is 0.664. The predicted octanol–water partition coefficient (Wildman–Crippen LogP) is 2.66. The maximum absolute atomic E-state index is 12.3. The first-order valence-electron chi connectivity index (χ1n) is 6.96. The molecule has 0 aromatic heterocycles. The van der Waals surface area contributed by atoms with Crippen LogP contribution < -0.4 is 10.6 Å². The molecule has 0 amide bonds. The molecule has 0 unspecified atom stereocenters. The molecule has 5 heteroatoms. The molecule has 1 aromatic rings. The number of carbonyl (C=O) groups is 1. The number of aryl methyl sites for hydroxylation is 2. The second-order valence-electron chi connectivity index (χ2n) is 5.15. The van der Waals surface area contributed by atoms with Crippen LogP contribution in [0, 0.1) is 13.8 Å². The number of thiocarbonyl (C=S) groups is 1. The number of rotatable bonds is 3. The molecule has 1 aromatic carbocycles. The molecule has 0 saturated carbocycles. The Balaban J connectivity index is 2.49. The lowest BCUT2D eigenvalue weighted by Crippen LogP contribution is -2.45. The van der Waals surface area contributed by atoms with Crippen molar-refractivity contribution in [1.82, 2.24) is 10.6 Å². The summed E-state index contributed by atoms with van der Waals surface area (Å²) in [5.41, 5.74) is 4.66. The lowest BCUT2D eigenvalue weighted by molar-refractivity contribution is -0.139. The standard InChI is InChI=1S/C16H20N2O2S/c1-5-20-15(19)13-11(4)17-16(21)18-14(13)12-7-6-9(2)8-10(12)3/h6-8,14H,5H2,1-4H3,(H2,17,18,21)/t14-/m0/s1. The van der Waals surface area contributed by atoms with Gasteiger partial charge in [-0.1, -0.05) is 23.8 Å². The first kappa shape index (κ1) is 15.5. The van der Waals surface area contributed by atoms with Crippen LogP contribution in [-0.4, -0.2) is 17.7 Å². The Bertz CT molecular complexity index is 623. The van der Waals surface area contributed by atoms with Crippen molar-refractivity contribution < 1.29 is 9.53 Å². The minimum Gasteiger partial charge on any atom is -0.463 e. The van der Waals surface area contributed by atoms with Crippen molar-refractivity contribution in [2.45, 2.75) is 33.7 Å². The zero-order valence-electron chi connectivity index (χ0n) is 12.7. The van der Waals surface area contributed by atoms with E-state index in [1.54, 1.807) is 6.92 Å². The van der Waals surface area contributed by atoms with Crippen molar-refractivity contribution in [3.05, 3.63) is 46.2 Å². The zero-order valence-corrected chi connectivity index (χ0v) is 13.6. The van der Waals surface area contributed by atoms with Crippen LogP contribution in [0.25, 0.3) is 0 Å². The number of carbonyl (C=O) groups excluding carboxylic acids is 1. The fourth-order valence-electron chi connectivity index (χ4n) is 2.56. The Kier molecular flexibility index (Phi) is 4.63. The average molecular weight is 304 g/mol. The van der Waals surface area contributed by atoms with Gasteiger partial charge in [-0.3, -0.25) is 0 Å². The minimum absolute atomic E-state index is 0.279. The fourth-order valence-corrected chi connectivity index (χ4v) is 2.83. The van der Waals surface area contributed by atoms with Gasteiger partial charge in [0.1, 0.15) is 0 Å². The van der Waals surface area contributed by atoms with Crippen molar-refractivity contribution in [2.75, 3.05) is 6.61 Å². The summed E-state index contributed by atoms with van der Waals surface area (Å²) in [6, 6.07) is 5.88. The van der Waals surface area contributed by atoms with Gasteiger partial charge in [0.2, 0.25) is 0 Å². The normalized spacial score (nSPS) is 18.1. The summed E-state index contributed by atoms with van der Waals surface area (Å²) in [5.74, 6) is -0.317. The van der Waals surface area contributed by atoms with E-state index in [0.717, 1.165) is 16.8 Å². The van der Waals surface area contributed by atoms with Crippen LogP contribution in [0.4, 0.5) is 0 Å². The molecule has 0 spiro atoms. The molecule has 0 saturated heterocycles. The van der Waals surface area contributed by atoms with Gasteiger partial charge in [-0.15, -0.1) is 0 Å². The Morgan fingerprint density at radius 3 is 2.67 bits per heavy atom. The second-order valence-corrected chi connectivity index (χ2v) is 5.56. The number of allylic oxidation sites excluding steroid dienone is 1. The number of hydrogen-bond donors (Lipinski definition) is 2. The van der Waals surface area contributed by atoms with Crippen molar-refractivity contribution in [3.8, 4) is 0 Å². The fraction of sp³-hybridized carbons (Fsp3) is 0.375. The maximum Gasteiger partial charge on any atom is 0.338 e.